The molecule has 4 heteroatoms. The Kier molecular flexibility index (Phi) is 2.81. The van der Waals surface area contributed by atoms with Crippen LogP contribution in [0.4, 0.5) is 0 Å². The summed E-state index contributed by atoms with van der Waals surface area (Å²) >= 11 is 0. The molecule has 0 aromatic rings. The molecule has 1 rings (SSSR count). The van der Waals surface area contributed by atoms with Gasteiger partial charge < -0.3 is 9.62 Å². The molecule has 56 valence electrons. The summed E-state index contributed by atoms with van der Waals surface area (Å²) < 4.78 is 0. The minimum absolute atomic E-state index is 0.830. The van der Waals surface area contributed by atoms with Crippen LogP contribution in [0.25, 0.3) is 0 Å². The summed E-state index contributed by atoms with van der Waals surface area (Å²) in [5, 5.41) is 0. The molecule has 0 unspecified atom stereocenters. The van der Waals surface area contributed by atoms with Gasteiger partial charge in [-0.15, -0.1) is 0 Å². The predicted molar refractivity (Wildman–Crippen MR) is 49.4 cm³/mol. The van der Waals surface area contributed by atoms with Crippen LogP contribution < -0.4 is 0 Å². The maximum Gasteiger partial charge on any atom is 0.185 e. The van der Waals surface area contributed by atoms with Crippen LogP contribution in [0.15, 0.2) is 0 Å². The summed E-state index contributed by atoms with van der Waals surface area (Å²) in [5.41, 5.74) is 0. The average Bonchev–Trinajstić information content (AvgIpc) is 1.88. The first-order valence-electron chi connectivity index (χ1n) is 4.05. The molecule has 2 nitrogen and oxygen atoms in total. The first-order valence-corrected chi connectivity index (χ1v) is 4.05. The molecule has 1 aliphatic heterocycles. The fourth-order valence-electron chi connectivity index (χ4n) is 1.51. The van der Waals surface area contributed by atoms with Gasteiger partial charge in [-0.05, 0) is 33.0 Å². The summed E-state index contributed by atoms with van der Waals surface area (Å²) in [7, 11) is 6.55. The van der Waals surface area contributed by atoms with Crippen molar-refractivity contribution in [2.24, 2.45) is 0 Å². The van der Waals surface area contributed by atoms with E-state index in [1.165, 1.54) is 25.9 Å². The summed E-state index contributed by atoms with van der Waals surface area (Å²) in [6.45, 7) is 2.53. The maximum atomic E-state index is 2.40. The molecular formula is C6H16B2N2. The van der Waals surface area contributed by atoms with Crippen LogP contribution in [-0.4, -0.2) is 51.8 Å². The molecule has 0 atom stereocenters. The SMILES string of the molecule is BN1CCC(N(B)C)CC1. The van der Waals surface area contributed by atoms with Crippen LogP contribution in [0.2, 0.25) is 0 Å². The molecular weight excluding hydrogens is 122 g/mol. The quantitative estimate of drug-likeness (QED) is 0.406. The number of nitrogens with zero attached hydrogens (tertiary/aromatic N) is 2. The third kappa shape index (κ3) is 2.03. The van der Waals surface area contributed by atoms with E-state index < -0.39 is 0 Å². The first kappa shape index (κ1) is 8.15. The summed E-state index contributed by atoms with van der Waals surface area (Å²) in [5.74, 6) is 0. The van der Waals surface area contributed by atoms with E-state index in [4.69, 9.17) is 0 Å². The molecule has 1 fully saturated rings. The molecule has 0 aromatic carbocycles. The van der Waals surface area contributed by atoms with Crippen molar-refractivity contribution in [3.05, 3.63) is 0 Å². The average molecular weight is 138 g/mol. The van der Waals surface area contributed by atoms with Gasteiger partial charge in [-0.25, -0.2) is 0 Å². The molecule has 0 saturated carbocycles. The van der Waals surface area contributed by atoms with Crippen molar-refractivity contribution in [2.45, 2.75) is 18.9 Å². The van der Waals surface area contributed by atoms with E-state index in [0.717, 1.165) is 6.04 Å². The Balaban J connectivity index is 2.26. The van der Waals surface area contributed by atoms with Gasteiger partial charge in [0.1, 0.15) is 0 Å². The van der Waals surface area contributed by atoms with Gasteiger partial charge in [-0.1, -0.05) is 0 Å². The van der Waals surface area contributed by atoms with Gasteiger partial charge in [0.15, 0.2) is 16.0 Å². The second kappa shape index (κ2) is 3.44. The Morgan fingerprint density at radius 3 is 2.30 bits per heavy atom. The van der Waals surface area contributed by atoms with Gasteiger partial charge >= 0.3 is 0 Å². The first-order chi connectivity index (χ1) is 4.70. The lowest BCUT2D eigenvalue weighted by Gasteiger charge is -2.33. The van der Waals surface area contributed by atoms with E-state index in [-0.39, 0.29) is 0 Å². The van der Waals surface area contributed by atoms with E-state index in [2.05, 4.69) is 32.6 Å². The lowest BCUT2D eigenvalue weighted by atomic mass is 9.99. The number of rotatable bonds is 1. The van der Waals surface area contributed by atoms with Gasteiger partial charge in [-0.2, -0.15) is 0 Å². The predicted octanol–water partition coefficient (Wildman–Crippen LogP) is -1.52. The molecule has 10 heavy (non-hydrogen) atoms. The van der Waals surface area contributed by atoms with Crippen molar-refractivity contribution >= 4 is 16.0 Å². The van der Waals surface area contributed by atoms with E-state index in [1.807, 2.05) is 0 Å². The summed E-state index contributed by atoms with van der Waals surface area (Å²) in [4.78, 5) is 4.74. The van der Waals surface area contributed by atoms with Crippen LogP contribution in [0.1, 0.15) is 12.8 Å². The summed E-state index contributed by atoms with van der Waals surface area (Å²) in [6, 6.07) is 0.830. The highest BCUT2D eigenvalue weighted by Gasteiger charge is 2.16. The van der Waals surface area contributed by atoms with Gasteiger partial charge in [0.25, 0.3) is 0 Å². The Bertz CT molecular complexity index is 99.9. The van der Waals surface area contributed by atoms with Gasteiger partial charge in [0.05, 0.1) is 0 Å². The van der Waals surface area contributed by atoms with Crippen molar-refractivity contribution in [3.63, 3.8) is 0 Å². The number of hydrogen-bond donors (Lipinski definition) is 0. The van der Waals surface area contributed by atoms with Gasteiger partial charge in [-0.3, -0.25) is 0 Å². The fourth-order valence-corrected chi connectivity index (χ4v) is 1.51. The van der Waals surface area contributed by atoms with E-state index in [0.29, 0.717) is 0 Å². The Labute approximate surface area is 65.4 Å². The Morgan fingerprint density at radius 1 is 1.40 bits per heavy atom. The second-order valence-electron chi connectivity index (χ2n) is 3.50. The highest BCUT2D eigenvalue weighted by Crippen LogP contribution is 2.11. The zero-order chi connectivity index (χ0) is 7.56. The monoisotopic (exact) mass is 138 g/mol. The molecule has 0 bridgehead atoms. The van der Waals surface area contributed by atoms with Crippen LogP contribution in [0.5, 0.6) is 0 Å². The van der Waals surface area contributed by atoms with Crippen LogP contribution >= 0.6 is 0 Å². The molecule has 0 radical (unpaired) electrons. The third-order valence-corrected chi connectivity index (χ3v) is 2.42. The lowest BCUT2D eigenvalue weighted by molar-refractivity contribution is 0.248. The molecule has 0 aliphatic carbocycles. The number of piperidine rings is 1. The van der Waals surface area contributed by atoms with Crippen molar-refractivity contribution in [2.75, 3.05) is 20.1 Å². The van der Waals surface area contributed by atoms with Crippen LogP contribution in [0, 0.1) is 0 Å². The third-order valence-electron chi connectivity index (χ3n) is 2.42. The van der Waals surface area contributed by atoms with Gasteiger partial charge in [0, 0.05) is 6.04 Å². The largest absolute Gasteiger partial charge is 0.349 e. The second-order valence-corrected chi connectivity index (χ2v) is 3.50. The Morgan fingerprint density at radius 2 is 1.90 bits per heavy atom. The fraction of sp³-hybridized carbons (Fsp3) is 1.00. The molecule has 1 heterocycles. The maximum absolute atomic E-state index is 2.40. The smallest absolute Gasteiger partial charge is 0.185 e. The summed E-state index contributed by atoms with van der Waals surface area (Å²) in [6.07, 6.45) is 2.67. The minimum Gasteiger partial charge on any atom is -0.349 e. The van der Waals surface area contributed by atoms with E-state index in [9.17, 15) is 0 Å². The van der Waals surface area contributed by atoms with Crippen molar-refractivity contribution < 1.29 is 0 Å². The zero-order valence-electron chi connectivity index (χ0n) is 7.30. The van der Waals surface area contributed by atoms with E-state index in [1.54, 1.807) is 0 Å². The molecule has 0 N–H and O–H groups in total. The minimum atomic E-state index is 0.830. The standard InChI is InChI=1S/C6H16B2N2/c1-9(7)6-2-4-10(8)5-3-6/h6H,2-5,7-8H2,1H3. The highest BCUT2D eigenvalue weighted by atomic mass is 15.1. The van der Waals surface area contributed by atoms with Crippen LogP contribution in [-0.2, 0) is 0 Å². The normalized spacial score (nSPS) is 23.8. The zero-order valence-corrected chi connectivity index (χ0v) is 7.30. The van der Waals surface area contributed by atoms with E-state index >= 15 is 0 Å². The molecule has 1 saturated heterocycles. The molecule has 1 aliphatic rings. The van der Waals surface area contributed by atoms with Crippen molar-refractivity contribution in [3.8, 4) is 0 Å². The molecule has 0 spiro atoms. The van der Waals surface area contributed by atoms with Crippen molar-refractivity contribution in [1.82, 2.24) is 9.62 Å². The molecule has 0 amide bonds. The number of hydrogen-bond acceptors (Lipinski definition) is 2. The topological polar surface area (TPSA) is 6.48 Å². The van der Waals surface area contributed by atoms with Crippen LogP contribution in [0.3, 0.4) is 0 Å². The lowest BCUT2D eigenvalue weighted by Crippen LogP contribution is -2.41. The highest BCUT2D eigenvalue weighted by molar-refractivity contribution is 6.05. The Hall–Kier alpha value is 0.0499. The van der Waals surface area contributed by atoms with Gasteiger partial charge in [0.2, 0.25) is 0 Å². The molecule has 0 aromatic heterocycles. The van der Waals surface area contributed by atoms with Crippen molar-refractivity contribution in [1.29, 1.82) is 0 Å².